The first-order chi connectivity index (χ1) is 9.74. The molecule has 0 saturated heterocycles. The topological polar surface area (TPSA) is 67.2 Å². The van der Waals surface area contributed by atoms with Gasteiger partial charge in [0, 0.05) is 12.2 Å². The van der Waals surface area contributed by atoms with Crippen molar-refractivity contribution in [2.24, 2.45) is 5.92 Å². The molecule has 5 heteroatoms. The van der Waals surface area contributed by atoms with Gasteiger partial charge in [-0.2, -0.15) is 0 Å². The Kier molecular flexibility index (Phi) is 3.52. The zero-order chi connectivity index (χ0) is 13.9. The highest BCUT2D eigenvalue weighted by Gasteiger charge is 2.27. The standard InChI is InChI=1S/C15H17N3O2/c19-13-6-11(7-13)8-17-15(20)14-9-16-10-18(14)12-4-2-1-3-5-12/h1-5,9-11,13,19H,6-8H2,(H,17,20). The van der Waals surface area contributed by atoms with E-state index in [1.807, 2.05) is 30.3 Å². The molecule has 2 N–H and O–H groups in total. The van der Waals surface area contributed by atoms with Crippen molar-refractivity contribution in [3.8, 4) is 5.69 Å². The monoisotopic (exact) mass is 271 g/mol. The second-order valence-electron chi connectivity index (χ2n) is 5.19. The highest BCUT2D eigenvalue weighted by molar-refractivity contribution is 5.93. The molecular weight excluding hydrogens is 254 g/mol. The quantitative estimate of drug-likeness (QED) is 0.882. The van der Waals surface area contributed by atoms with Gasteiger partial charge in [0.25, 0.3) is 5.91 Å². The fourth-order valence-corrected chi connectivity index (χ4v) is 2.45. The number of nitrogens with zero attached hydrogens (tertiary/aromatic N) is 2. The largest absolute Gasteiger partial charge is 0.393 e. The number of hydrogen-bond donors (Lipinski definition) is 2. The SMILES string of the molecule is O=C(NCC1CC(O)C1)c1cncn1-c1ccccc1. The molecule has 1 amide bonds. The number of aromatic nitrogens is 2. The summed E-state index contributed by atoms with van der Waals surface area (Å²) in [5, 5.41) is 12.1. The van der Waals surface area contributed by atoms with Gasteiger partial charge in [-0.1, -0.05) is 18.2 Å². The Morgan fingerprint density at radius 2 is 2.10 bits per heavy atom. The zero-order valence-electron chi connectivity index (χ0n) is 11.1. The first kappa shape index (κ1) is 12.9. The summed E-state index contributed by atoms with van der Waals surface area (Å²) in [6, 6.07) is 9.64. The number of nitrogens with one attached hydrogen (secondary N) is 1. The molecule has 1 fully saturated rings. The Balaban J connectivity index is 1.68. The van der Waals surface area contributed by atoms with Crippen LogP contribution in [-0.2, 0) is 0 Å². The van der Waals surface area contributed by atoms with Gasteiger partial charge in [-0.3, -0.25) is 9.36 Å². The number of benzene rings is 1. The molecule has 104 valence electrons. The van der Waals surface area contributed by atoms with E-state index in [4.69, 9.17) is 0 Å². The van der Waals surface area contributed by atoms with Crippen molar-refractivity contribution in [3.63, 3.8) is 0 Å². The number of rotatable bonds is 4. The number of aliphatic hydroxyl groups is 1. The third-order valence-corrected chi connectivity index (χ3v) is 3.67. The predicted octanol–water partition coefficient (Wildman–Crippen LogP) is 1.37. The molecule has 1 aliphatic carbocycles. The van der Waals surface area contributed by atoms with Crippen molar-refractivity contribution in [3.05, 3.63) is 48.5 Å². The van der Waals surface area contributed by atoms with E-state index < -0.39 is 0 Å². The Hall–Kier alpha value is -2.14. The molecule has 5 nitrogen and oxygen atoms in total. The maximum absolute atomic E-state index is 12.2. The summed E-state index contributed by atoms with van der Waals surface area (Å²) >= 11 is 0. The van der Waals surface area contributed by atoms with E-state index in [0.29, 0.717) is 18.2 Å². The summed E-state index contributed by atoms with van der Waals surface area (Å²) in [5.41, 5.74) is 1.44. The van der Waals surface area contributed by atoms with Gasteiger partial charge in [0.05, 0.1) is 18.6 Å². The Labute approximate surface area is 117 Å². The van der Waals surface area contributed by atoms with Gasteiger partial charge < -0.3 is 10.4 Å². The van der Waals surface area contributed by atoms with Crippen molar-refractivity contribution in [2.75, 3.05) is 6.54 Å². The molecule has 3 rings (SSSR count). The van der Waals surface area contributed by atoms with E-state index in [2.05, 4.69) is 10.3 Å². The Morgan fingerprint density at radius 1 is 1.35 bits per heavy atom. The van der Waals surface area contributed by atoms with Crippen molar-refractivity contribution < 1.29 is 9.90 Å². The number of amides is 1. The van der Waals surface area contributed by atoms with Crippen LogP contribution in [-0.4, -0.2) is 33.2 Å². The molecule has 2 aromatic rings. The summed E-state index contributed by atoms with van der Waals surface area (Å²) in [7, 11) is 0. The van der Waals surface area contributed by atoms with Crippen LogP contribution in [0, 0.1) is 5.92 Å². The second kappa shape index (κ2) is 5.46. The van der Waals surface area contributed by atoms with Crippen molar-refractivity contribution >= 4 is 5.91 Å². The molecule has 0 bridgehead atoms. The molecule has 0 spiro atoms. The zero-order valence-corrected chi connectivity index (χ0v) is 11.1. The van der Waals surface area contributed by atoms with Crippen molar-refractivity contribution in [1.29, 1.82) is 0 Å². The Bertz CT molecular complexity index is 588. The van der Waals surface area contributed by atoms with Crippen molar-refractivity contribution in [2.45, 2.75) is 18.9 Å². The molecule has 1 aromatic heterocycles. The number of carbonyl (C=O) groups excluding carboxylic acids is 1. The molecule has 0 unspecified atom stereocenters. The van der Waals surface area contributed by atoms with Crippen LogP contribution in [0.25, 0.3) is 5.69 Å². The van der Waals surface area contributed by atoms with E-state index in [1.165, 1.54) is 0 Å². The molecule has 0 radical (unpaired) electrons. The number of imidazole rings is 1. The van der Waals surface area contributed by atoms with Crippen LogP contribution in [0.2, 0.25) is 0 Å². The van der Waals surface area contributed by atoms with Crippen LogP contribution >= 0.6 is 0 Å². The van der Waals surface area contributed by atoms with E-state index in [-0.39, 0.29) is 12.0 Å². The van der Waals surface area contributed by atoms with Gasteiger partial charge in [-0.15, -0.1) is 0 Å². The molecule has 1 heterocycles. The number of para-hydroxylation sites is 1. The maximum atomic E-state index is 12.2. The molecule has 0 aliphatic heterocycles. The van der Waals surface area contributed by atoms with E-state index >= 15 is 0 Å². The van der Waals surface area contributed by atoms with Gasteiger partial charge >= 0.3 is 0 Å². The van der Waals surface area contributed by atoms with E-state index in [0.717, 1.165) is 18.5 Å². The average molecular weight is 271 g/mol. The predicted molar refractivity (Wildman–Crippen MR) is 74.6 cm³/mol. The van der Waals surface area contributed by atoms with Crippen LogP contribution in [0.15, 0.2) is 42.9 Å². The molecule has 0 atom stereocenters. The van der Waals surface area contributed by atoms with Crippen LogP contribution in [0.5, 0.6) is 0 Å². The molecule has 1 aromatic carbocycles. The van der Waals surface area contributed by atoms with E-state index in [9.17, 15) is 9.90 Å². The average Bonchev–Trinajstić information content (AvgIpc) is 2.92. The molecular formula is C15H17N3O2. The second-order valence-corrected chi connectivity index (χ2v) is 5.19. The summed E-state index contributed by atoms with van der Waals surface area (Å²) in [4.78, 5) is 16.2. The van der Waals surface area contributed by atoms with Gasteiger partial charge in [0.15, 0.2) is 0 Å². The van der Waals surface area contributed by atoms with E-state index in [1.54, 1.807) is 17.1 Å². The minimum atomic E-state index is -0.188. The lowest BCUT2D eigenvalue weighted by molar-refractivity contribution is 0.0419. The number of carbonyl (C=O) groups is 1. The fourth-order valence-electron chi connectivity index (χ4n) is 2.45. The Morgan fingerprint density at radius 3 is 2.80 bits per heavy atom. The van der Waals surface area contributed by atoms with Gasteiger partial charge in [-0.05, 0) is 30.9 Å². The fraction of sp³-hybridized carbons (Fsp3) is 0.333. The van der Waals surface area contributed by atoms with Crippen LogP contribution < -0.4 is 5.32 Å². The maximum Gasteiger partial charge on any atom is 0.269 e. The summed E-state index contributed by atoms with van der Waals surface area (Å²) in [6.07, 6.45) is 4.57. The van der Waals surface area contributed by atoms with Gasteiger partial charge in [-0.25, -0.2) is 4.98 Å². The first-order valence-corrected chi connectivity index (χ1v) is 6.78. The lowest BCUT2D eigenvalue weighted by Gasteiger charge is -2.31. The molecule has 1 saturated carbocycles. The third kappa shape index (κ3) is 2.58. The molecule has 20 heavy (non-hydrogen) atoms. The summed E-state index contributed by atoms with van der Waals surface area (Å²) < 4.78 is 1.77. The van der Waals surface area contributed by atoms with Crippen LogP contribution in [0.1, 0.15) is 23.3 Å². The first-order valence-electron chi connectivity index (χ1n) is 6.78. The highest BCUT2D eigenvalue weighted by atomic mass is 16.3. The minimum Gasteiger partial charge on any atom is -0.393 e. The van der Waals surface area contributed by atoms with Crippen LogP contribution in [0.4, 0.5) is 0 Å². The number of aliphatic hydroxyl groups excluding tert-OH is 1. The number of hydrogen-bond acceptors (Lipinski definition) is 3. The van der Waals surface area contributed by atoms with Crippen LogP contribution in [0.3, 0.4) is 0 Å². The summed E-state index contributed by atoms with van der Waals surface area (Å²) in [6.45, 7) is 0.607. The third-order valence-electron chi connectivity index (χ3n) is 3.67. The smallest absolute Gasteiger partial charge is 0.269 e. The lowest BCUT2D eigenvalue weighted by Crippen LogP contribution is -2.38. The van der Waals surface area contributed by atoms with Gasteiger partial charge in [0.1, 0.15) is 5.69 Å². The molecule has 1 aliphatic rings. The van der Waals surface area contributed by atoms with Gasteiger partial charge in [0.2, 0.25) is 0 Å². The van der Waals surface area contributed by atoms with Crippen molar-refractivity contribution in [1.82, 2.24) is 14.9 Å². The lowest BCUT2D eigenvalue weighted by atomic mass is 9.82. The normalized spacial score (nSPS) is 21.2. The minimum absolute atomic E-state index is 0.132. The summed E-state index contributed by atoms with van der Waals surface area (Å²) in [5.74, 6) is 0.259. The highest BCUT2D eigenvalue weighted by Crippen LogP contribution is 2.26.